The smallest absolute Gasteiger partial charge is 0.207 e. The molecule has 2 amide bonds. The fourth-order valence-corrected chi connectivity index (χ4v) is 2.22. The van der Waals surface area contributed by atoms with Crippen molar-refractivity contribution >= 4 is 34.5 Å². The zero-order valence-electron chi connectivity index (χ0n) is 6.91. The zero-order chi connectivity index (χ0) is 11.1. The van der Waals surface area contributed by atoms with Crippen molar-refractivity contribution in [3.05, 3.63) is 0 Å². The van der Waals surface area contributed by atoms with Crippen LogP contribution >= 0.6 is 0 Å². The molecule has 0 aliphatic carbocycles. The van der Waals surface area contributed by atoms with Crippen LogP contribution in [0.2, 0.25) is 0 Å². The summed E-state index contributed by atoms with van der Waals surface area (Å²) in [7, 11) is -4.29. The average Bonchev–Trinajstić information content (AvgIpc) is 2.73. The molecule has 2 heterocycles. The van der Waals surface area contributed by atoms with Crippen LogP contribution in [-0.2, 0) is 28.9 Å². The molecule has 2 unspecified atom stereocenters. The predicted octanol–water partition coefficient (Wildman–Crippen LogP) is -2.02. The van der Waals surface area contributed by atoms with Crippen LogP contribution in [0.4, 0.5) is 0 Å². The van der Waals surface area contributed by atoms with E-state index in [1.165, 1.54) is 0 Å². The van der Waals surface area contributed by atoms with Crippen molar-refractivity contribution in [1.82, 2.24) is 0 Å². The fraction of sp³-hybridized carbons (Fsp3) is 0.333. The lowest BCUT2D eigenvalue weighted by molar-refractivity contribution is -0.120. The van der Waals surface area contributed by atoms with Gasteiger partial charge in [-0.25, -0.2) is 8.42 Å². The molecule has 2 aliphatic heterocycles. The summed E-state index contributed by atoms with van der Waals surface area (Å²) in [5, 5.41) is 0. The summed E-state index contributed by atoms with van der Waals surface area (Å²) in [6, 6.07) is 0. The van der Waals surface area contributed by atoms with E-state index in [2.05, 4.69) is 19.5 Å². The van der Waals surface area contributed by atoms with Crippen molar-refractivity contribution < 1.29 is 27.5 Å². The molecule has 8 nitrogen and oxygen atoms in total. The van der Waals surface area contributed by atoms with Crippen LogP contribution in [0.5, 0.6) is 0 Å². The molecule has 0 saturated carbocycles. The highest BCUT2D eigenvalue weighted by atomic mass is 32.2. The fourth-order valence-electron chi connectivity index (χ4n) is 0.972. The third-order valence-corrected chi connectivity index (χ3v) is 3.42. The Hall–Kier alpha value is -1.77. The molecule has 0 saturated heterocycles. The Morgan fingerprint density at radius 2 is 1.40 bits per heavy atom. The lowest BCUT2D eigenvalue weighted by Gasteiger charge is -2.21. The second-order valence-electron chi connectivity index (χ2n) is 2.57. The molecule has 0 fully saturated rings. The highest BCUT2D eigenvalue weighted by Gasteiger charge is 2.39. The standard InChI is InChI=1S/C6H2N2O6S/c9-3-5(13-1-7-3)15(11,12)6-4(10)8-2-14-6/h5-6H/q-2. The zero-order valence-corrected chi connectivity index (χ0v) is 7.72. The highest BCUT2D eigenvalue weighted by Crippen LogP contribution is 2.19. The maximum atomic E-state index is 11.6. The van der Waals surface area contributed by atoms with Gasteiger partial charge in [-0.1, -0.05) is 0 Å². The largest absolute Gasteiger partial charge is 0.564 e. The van der Waals surface area contributed by atoms with Crippen LogP contribution in [0.15, 0.2) is 9.98 Å². The second kappa shape index (κ2) is 3.12. The third-order valence-electron chi connectivity index (χ3n) is 1.63. The minimum atomic E-state index is -4.29. The molecule has 0 radical (unpaired) electrons. The number of hydrogen-bond acceptors (Lipinski definition) is 6. The molecule has 0 spiro atoms. The van der Waals surface area contributed by atoms with E-state index < -0.39 is 32.5 Å². The van der Waals surface area contributed by atoms with Gasteiger partial charge in [0.15, 0.2) is 10.9 Å². The van der Waals surface area contributed by atoms with E-state index in [4.69, 9.17) is 0 Å². The van der Waals surface area contributed by atoms with E-state index in [0.29, 0.717) is 0 Å². The second-order valence-corrected chi connectivity index (χ2v) is 4.61. The van der Waals surface area contributed by atoms with Crippen molar-refractivity contribution in [3.8, 4) is 0 Å². The van der Waals surface area contributed by atoms with Crippen molar-refractivity contribution in [3.63, 3.8) is 0 Å². The summed E-state index contributed by atoms with van der Waals surface area (Å²) in [6.07, 6.45) is 3.49. The molecule has 0 bridgehead atoms. The third kappa shape index (κ3) is 1.40. The van der Waals surface area contributed by atoms with E-state index in [-0.39, 0.29) is 0 Å². The highest BCUT2D eigenvalue weighted by molar-refractivity contribution is 7.93. The minimum Gasteiger partial charge on any atom is -0.564 e. The average molecular weight is 230 g/mol. The van der Waals surface area contributed by atoms with Crippen molar-refractivity contribution in [2.45, 2.75) is 10.9 Å². The number of sulfone groups is 1. The summed E-state index contributed by atoms with van der Waals surface area (Å²) < 4.78 is 31.8. The number of amides is 2. The Bertz CT molecular complexity index is 440. The molecule has 80 valence electrons. The first kappa shape index (κ1) is 9.77. The van der Waals surface area contributed by atoms with Gasteiger partial charge >= 0.3 is 0 Å². The Balaban J connectivity index is 2.28. The van der Waals surface area contributed by atoms with Crippen molar-refractivity contribution in [1.29, 1.82) is 0 Å². The molecule has 2 aliphatic rings. The number of ether oxygens (including phenoxy) is 2. The van der Waals surface area contributed by atoms with E-state index in [9.17, 15) is 18.0 Å². The SMILES string of the molecule is O=C1N=[C-]OC1S(=O)(=O)C1O[C-]=NC1=O. The van der Waals surface area contributed by atoms with Crippen molar-refractivity contribution in [2.24, 2.45) is 9.98 Å². The van der Waals surface area contributed by atoms with Gasteiger partial charge in [-0.3, -0.25) is 0 Å². The Morgan fingerprint density at radius 3 is 1.67 bits per heavy atom. The van der Waals surface area contributed by atoms with Crippen LogP contribution in [0.25, 0.3) is 0 Å². The maximum absolute atomic E-state index is 11.6. The number of aliphatic imine (C=N–C) groups is 2. The molecule has 0 aromatic rings. The van der Waals surface area contributed by atoms with Gasteiger partial charge in [0, 0.05) is 12.8 Å². The van der Waals surface area contributed by atoms with Crippen LogP contribution in [0.3, 0.4) is 0 Å². The van der Waals surface area contributed by atoms with Gasteiger partial charge in [0.1, 0.15) is 11.8 Å². The first-order valence-electron chi connectivity index (χ1n) is 3.56. The Morgan fingerprint density at radius 1 is 1.00 bits per heavy atom. The molecule has 2 rings (SSSR count). The van der Waals surface area contributed by atoms with Gasteiger partial charge in [0.2, 0.25) is 9.84 Å². The number of carbonyl (C=O) groups is 2. The van der Waals surface area contributed by atoms with E-state index in [0.717, 1.165) is 0 Å². The lowest BCUT2D eigenvalue weighted by Crippen LogP contribution is -2.39. The molecule has 0 N–H and O–H groups in total. The van der Waals surface area contributed by atoms with Gasteiger partial charge in [-0.15, -0.1) is 0 Å². The summed E-state index contributed by atoms with van der Waals surface area (Å²) in [6.45, 7) is 0. The topological polar surface area (TPSA) is 111 Å². The number of nitrogens with zero attached hydrogens (tertiary/aromatic N) is 2. The van der Waals surface area contributed by atoms with Crippen LogP contribution in [-0.4, -0.2) is 43.9 Å². The first-order valence-corrected chi connectivity index (χ1v) is 5.17. The maximum Gasteiger partial charge on any atom is 0.207 e. The van der Waals surface area contributed by atoms with Gasteiger partial charge in [0.25, 0.3) is 0 Å². The van der Waals surface area contributed by atoms with Gasteiger partial charge in [-0.05, 0) is 0 Å². The molecular weight excluding hydrogens is 228 g/mol. The van der Waals surface area contributed by atoms with Gasteiger partial charge < -0.3 is 29.0 Å². The molecular formula is C6H2N2O6S-2. The summed E-state index contributed by atoms with van der Waals surface area (Å²) in [5.41, 5.74) is -3.77. The summed E-state index contributed by atoms with van der Waals surface area (Å²) >= 11 is 0. The normalized spacial score (nSPS) is 29.3. The van der Waals surface area contributed by atoms with Gasteiger partial charge in [0.05, 0.1) is 0 Å². The van der Waals surface area contributed by atoms with Crippen LogP contribution in [0.1, 0.15) is 0 Å². The Kier molecular flexibility index (Phi) is 2.03. The quantitative estimate of drug-likeness (QED) is 0.506. The van der Waals surface area contributed by atoms with E-state index in [1.807, 2.05) is 0 Å². The predicted molar refractivity (Wildman–Crippen MR) is 43.5 cm³/mol. The number of hydrogen-bond donors (Lipinski definition) is 0. The molecule has 0 aromatic carbocycles. The molecule has 2 atom stereocenters. The van der Waals surface area contributed by atoms with E-state index in [1.54, 1.807) is 12.8 Å². The van der Waals surface area contributed by atoms with Crippen LogP contribution < -0.4 is 0 Å². The summed E-state index contributed by atoms with van der Waals surface area (Å²) in [4.78, 5) is 27.8. The number of rotatable bonds is 2. The molecule has 9 heteroatoms. The first-order chi connectivity index (χ1) is 7.03. The monoisotopic (exact) mass is 230 g/mol. The van der Waals surface area contributed by atoms with Gasteiger partial charge in [-0.2, -0.15) is 0 Å². The van der Waals surface area contributed by atoms with Crippen LogP contribution in [0, 0.1) is 0 Å². The Labute approximate surface area is 83.5 Å². The number of carbonyl (C=O) groups excluding carboxylic acids is 2. The van der Waals surface area contributed by atoms with E-state index >= 15 is 0 Å². The lowest BCUT2D eigenvalue weighted by atomic mass is 10.7. The summed E-state index contributed by atoms with van der Waals surface area (Å²) in [5.74, 6) is -2.11. The van der Waals surface area contributed by atoms with Crippen molar-refractivity contribution in [2.75, 3.05) is 0 Å². The molecule has 0 aromatic heterocycles. The molecule has 15 heavy (non-hydrogen) atoms. The minimum absolute atomic E-state index is 1.06.